The lowest BCUT2D eigenvalue weighted by Gasteiger charge is -2.22. The fourth-order valence-electron chi connectivity index (χ4n) is 4.86. The summed E-state index contributed by atoms with van der Waals surface area (Å²) in [5.74, 6) is 3.02. The number of nitrogens with zero attached hydrogens (tertiary/aromatic N) is 3. The van der Waals surface area contributed by atoms with Crippen LogP contribution in [-0.2, 0) is 18.5 Å². The number of imidazole rings is 1. The lowest BCUT2D eigenvalue weighted by atomic mass is 9.85. The van der Waals surface area contributed by atoms with Crippen LogP contribution in [0.2, 0.25) is 0 Å². The molecule has 3 aliphatic heterocycles. The van der Waals surface area contributed by atoms with Crippen molar-refractivity contribution >= 4 is 11.3 Å². The smallest absolute Gasteiger partial charge is 0.231 e. The second kappa shape index (κ2) is 5.84. The molecule has 2 aromatic heterocycles. The number of likely N-dealkylation sites (tertiary alicyclic amines) is 1. The summed E-state index contributed by atoms with van der Waals surface area (Å²) in [5, 5.41) is 2.14. The van der Waals surface area contributed by atoms with E-state index < -0.39 is 0 Å². The van der Waals surface area contributed by atoms with Crippen molar-refractivity contribution in [1.29, 1.82) is 0 Å². The summed E-state index contributed by atoms with van der Waals surface area (Å²) < 4.78 is 13.4. The van der Waals surface area contributed by atoms with E-state index in [1.807, 2.05) is 6.07 Å². The highest BCUT2D eigenvalue weighted by Gasteiger charge is 2.46. The third-order valence-electron chi connectivity index (χ3n) is 6.19. The van der Waals surface area contributed by atoms with E-state index in [0.29, 0.717) is 6.79 Å². The molecule has 0 bridgehead atoms. The Morgan fingerprint density at radius 3 is 2.96 bits per heavy atom. The van der Waals surface area contributed by atoms with E-state index in [9.17, 15) is 0 Å². The van der Waals surface area contributed by atoms with Gasteiger partial charge in [-0.2, -0.15) is 0 Å². The van der Waals surface area contributed by atoms with Crippen LogP contribution in [0.5, 0.6) is 11.5 Å². The first-order chi connectivity index (χ1) is 13.3. The van der Waals surface area contributed by atoms with Crippen molar-refractivity contribution in [3.8, 4) is 22.1 Å². The average molecular weight is 379 g/mol. The van der Waals surface area contributed by atoms with Gasteiger partial charge in [0.1, 0.15) is 5.82 Å². The van der Waals surface area contributed by atoms with Crippen LogP contribution in [-0.4, -0.2) is 34.3 Å². The van der Waals surface area contributed by atoms with Crippen molar-refractivity contribution in [1.82, 2.24) is 14.5 Å². The zero-order chi connectivity index (χ0) is 17.8. The van der Waals surface area contributed by atoms with Crippen molar-refractivity contribution in [2.45, 2.75) is 31.3 Å². The maximum atomic E-state index is 5.53. The second-order valence-electron chi connectivity index (χ2n) is 7.77. The zero-order valence-corrected chi connectivity index (χ0v) is 15.9. The maximum Gasteiger partial charge on any atom is 0.231 e. The SMILES string of the molecule is c1csc(-c2cnc3n2CC[C@]32CCN(Cc3ccc4c(c3)OCO4)C2)c1. The Hall–Kier alpha value is -2.31. The topological polar surface area (TPSA) is 39.5 Å². The Kier molecular flexibility index (Phi) is 3.40. The Bertz CT molecular complexity index is 997. The Balaban J connectivity index is 1.23. The monoisotopic (exact) mass is 379 g/mol. The van der Waals surface area contributed by atoms with Crippen LogP contribution in [0.15, 0.2) is 41.9 Å². The minimum Gasteiger partial charge on any atom is -0.454 e. The van der Waals surface area contributed by atoms with Gasteiger partial charge in [-0.05, 0) is 48.5 Å². The van der Waals surface area contributed by atoms with E-state index in [0.717, 1.165) is 37.7 Å². The fraction of sp³-hybridized carbons (Fsp3) is 0.381. The highest BCUT2D eigenvalue weighted by molar-refractivity contribution is 7.13. The van der Waals surface area contributed by atoms with Gasteiger partial charge in [0, 0.05) is 25.0 Å². The molecule has 0 unspecified atom stereocenters. The molecule has 6 heteroatoms. The summed E-state index contributed by atoms with van der Waals surface area (Å²) >= 11 is 1.80. The molecular formula is C21H21N3O2S. The molecule has 0 amide bonds. The van der Waals surface area contributed by atoms with Gasteiger partial charge in [-0.3, -0.25) is 4.90 Å². The Morgan fingerprint density at radius 1 is 1.11 bits per heavy atom. The molecule has 1 aromatic carbocycles. The van der Waals surface area contributed by atoms with Crippen molar-refractivity contribution in [3.05, 3.63) is 53.3 Å². The van der Waals surface area contributed by atoms with Crippen LogP contribution in [0.25, 0.3) is 10.6 Å². The second-order valence-corrected chi connectivity index (χ2v) is 8.72. The number of thiophene rings is 1. The molecule has 0 saturated carbocycles. The number of hydrogen-bond donors (Lipinski definition) is 0. The van der Waals surface area contributed by atoms with E-state index in [1.54, 1.807) is 11.3 Å². The Labute approximate surface area is 162 Å². The van der Waals surface area contributed by atoms with Crippen molar-refractivity contribution in [2.75, 3.05) is 19.9 Å². The number of ether oxygens (including phenoxy) is 2. The van der Waals surface area contributed by atoms with Crippen LogP contribution >= 0.6 is 11.3 Å². The van der Waals surface area contributed by atoms with Gasteiger partial charge in [-0.1, -0.05) is 12.1 Å². The Morgan fingerprint density at radius 2 is 2.04 bits per heavy atom. The predicted octanol–water partition coefficient (Wildman–Crippen LogP) is 3.89. The third kappa shape index (κ3) is 2.43. The molecular weight excluding hydrogens is 358 g/mol. The van der Waals surface area contributed by atoms with Crippen molar-refractivity contribution in [2.24, 2.45) is 0 Å². The fourth-order valence-corrected chi connectivity index (χ4v) is 5.61. The maximum absolute atomic E-state index is 5.53. The summed E-state index contributed by atoms with van der Waals surface area (Å²) in [6, 6.07) is 10.6. The molecule has 1 atom stereocenters. The quantitative estimate of drug-likeness (QED) is 0.692. The highest BCUT2D eigenvalue weighted by atomic mass is 32.1. The minimum absolute atomic E-state index is 0.214. The summed E-state index contributed by atoms with van der Waals surface area (Å²) in [6.45, 7) is 4.58. The van der Waals surface area contributed by atoms with Gasteiger partial charge in [0.05, 0.1) is 16.8 Å². The first kappa shape index (κ1) is 15.7. The summed E-state index contributed by atoms with van der Waals surface area (Å²) in [6.07, 6.45) is 4.47. The first-order valence-corrected chi connectivity index (χ1v) is 10.4. The van der Waals surface area contributed by atoms with Crippen LogP contribution in [0, 0.1) is 0 Å². The highest BCUT2D eigenvalue weighted by Crippen LogP contribution is 2.45. The van der Waals surface area contributed by atoms with Crippen LogP contribution in [0.3, 0.4) is 0 Å². The predicted molar refractivity (Wildman–Crippen MR) is 104 cm³/mol. The van der Waals surface area contributed by atoms with Crippen molar-refractivity contribution < 1.29 is 9.47 Å². The molecule has 1 fully saturated rings. The first-order valence-electron chi connectivity index (χ1n) is 9.52. The largest absolute Gasteiger partial charge is 0.454 e. The molecule has 0 aliphatic carbocycles. The van der Waals surface area contributed by atoms with Gasteiger partial charge < -0.3 is 14.0 Å². The lowest BCUT2D eigenvalue weighted by molar-refractivity contribution is 0.174. The van der Waals surface area contributed by atoms with Gasteiger partial charge >= 0.3 is 0 Å². The standard InChI is InChI=1S/C21H21N3O2S/c1-2-19(27-9-1)16-11-22-20-21(6-8-24(16)20)5-7-23(13-21)12-15-3-4-17-18(10-15)26-14-25-17/h1-4,9-11H,5-8,12-14H2/t21-/m0/s1. The van der Waals surface area contributed by atoms with E-state index >= 15 is 0 Å². The van der Waals surface area contributed by atoms with Gasteiger partial charge in [-0.15, -0.1) is 11.3 Å². The van der Waals surface area contributed by atoms with Crippen molar-refractivity contribution in [3.63, 3.8) is 0 Å². The molecule has 6 rings (SSSR count). The molecule has 5 nitrogen and oxygen atoms in total. The van der Waals surface area contributed by atoms with Gasteiger partial charge in [0.2, 0.25) is 6.79 Å². The number of benzene rings is 1. The summed E-state index contributed by atoms with van der Waals surface area (Å²) in [5.41, 5.74) is 2.79. The average Bonchev–Trinajstić information content (AvgIpc) is 3.47. The van der Waals surface area contributed by atoms with E-state index in [1.165, 1.54) is 34.8 Å². The summed E-state index contributed by atoms with van der Waals surface area (Å²) in [4.78, 5) is 8.77. The zero-order valence-electron chi connectivity index (χ0n) is 15.1. The van der Waals surface area contributed by atoms with Crippen LogP contribution in [0.4, 0.5) is 0 Å². The molecule has 3 aromatic rings. The molecule has 3 aliphatic rings. The van der Waals surface area contributed by atoms with E-state index in [-0.39, 0.29) is 5.41 Å². The molecule has 138 valence electrons. The molecule has 0 radical (unpaired) electrons. The molecule has 5 heterocycles. The number of aromatic nitrogens is 2. The third-order valence-corrected chi connectivity index (χ3v) is 7.09. The van der Waals surface area contributed by atoms with Crippen LogP contribution < -0.4 is 9.47 Å². The molecule has 1 spiro atoms. The van der Waals surface area contributed by atoms with Gasteiger partial charge in [0.25, 0.3) is 0 Å². The minimum atomic E-state index is 0.214. The van der Waals surface area contributed by atoms with Crippen LogP contribution in [0.1, 0.15) is 24.2 Å². The molecule has 0 N–H and O–H groups in total. The van der Waals surface area contributed by atoms with Gasteiger partial charge in [0.15, 0.2) is 11.5 Å². The van der Waals surface area contributed by atoms with E-state index in [2.05, 4.69) is 45.3 Å². The normalized spacial score (nSPS) is 23.4. The summed E-state index contributed by atoms with van der Waals surface area (Å²) in [7, 11) is 0. The van der Waals surface area contributed by atoms with Gasteiger partial charge in [-0.25, -0.2) is 4.98 Å². The number of rotatable bonds is 3. The molecule has 1 saturated heterocycles. The lowest BCUT2D eigenvalue weighted by Crippen LogP contribution is -2.29. The molecule has 27 heavy (non-hydrogen) atoms. The number of fused-ring (bicyclic) bond motifs is 3. The number of hydrogen-bond acceptors (Lipinski definition) is 5. The van der Waals surface area contributed by atoms with E-state index in [4.69, 9.17) is 14.5 Å².